The zero-order chi connectivity index (χ0) is 18.3. The predicted octanol–water partition coefficient (Wildman–Crippen LogP) is 3.61. The SMILES string of the molecule is O=C(c1ccc2ncsc2c1)N1CC(Oc2cccc(C(F)(F)F)n2)C1. The lowest BCUT2D eigenvalue weighted by Crippen LogP contribution is -2.56. The molecule has 0 saturated carbocycles. The number of fused-ring (bicyclic) bond motifs is 1. The molecule has 2 aromatic heterocycles. The molecule has 1 saturated heterocycles. The fraction of sp³-hybridized carbons (Fsp3) is 0.235. The van der Waals surface area contributed by atoms with E-state index in [0.717, 1.165) is 16.3 Å². The predicted molar refractivity (Wildman–Crippen MR) is 89.2 cm³/mol. The van der Waals surface area contributed by atoms with Crippen molar-refractivity contribution in [2.45, 2.75) is 12.3 Å². The minimum atomic E-state index is -4.52. The average molecular weight is 379 g/mol. The summed E-state index contributed by atoms with van der Waals surface area (Å²) >= 11 is 1.46. The summed E-state index contributed by atoms with van der Waals surface area (Å²) in [7, 11) is 0. The fourth-order valence-electron chi connectivity index (χ4n) is 2.66. The normalized spacial score (nSPS) is 15.1. The fourth-order valence-corrected chi connectivity index (χ4v) is 3.37. The molecule has 5 nitrogen and oxygen atoms in total. The molecule has 0 unspecified atom stereocenters. The third kappa shape index (κ3) is 3.22. The van der Waals surface area contributed by atoms with Gasteiger partial charge < -0.3 is 9.64 Å². The molecule has 9 heteroatoms. The number of amides is 1. The van der Waals surface area contributed by atoms with Crippen LogP contribution in [-0.4, -0.2) is 40.0 Å². The van der Waals surface area contributed by atoms with Crippen LogP contribution in [0.25, 0.3) is 10.2 Å². The van der Waals surface area contributed by atoms with Crippen LogP contribution >= 0.6 is 11.3 Å². The second-order valence-electron chi connectivity index (χ2n) is 5.84. The van der Waals surface area contributed by atoms with Crippen molar-refractivity contribution in [3.63, 3.8) is 0 Å². The molecule has 0 radical (unpaired) electrons. The zero-order valence-corrected chi connectivity index (χ0v) is 14.0. The van der Waals surface area contributed by atoms with Crippen LogP contribution in [0.1, 0.15) is 16.1 Å². The highest BCUT2D eigenvalue weighted by atomic mass is 32.1. The molecule has 0 atom stereocenters. The molecule has 1 aromatic carbocycles. The minimum absolute atomic E-state index is 0.0944. The van der Waals surface area contributed by atoms with Crippen LogP contribution in [0.15, 0.2) is 41.9 Å². The van der Waals surface area contributed by atoms with Gasteiger partial charge in [-0.3, -0.25) is 4.79 Å². The molecule has 0 bridgehead atoms. The van der Waals surface area contributed by atoms with E-state index in [-0.39, 0.29) is 17.9 Å². The first kappa shape index (κ1) is 16.8. The number of pyridine rings is 1. The molecular formula is C17H12F3N3O2S. The molecule has 1 fully saturated rings. The topological polar surface area (TPSA) is 55.3 Å². The van der Waals surface area contributed by atoms with E-state index in [2.05, 4.69) is 9.97 Å². The Morgan fingerprint density at radius 2 is 2.04 bits per heavy atom. The monoisotopic (exact) mass is 379 g/mol. The molecule has 3 heterocycles. The lowest BCUT2D eigenvalue weighted by Gasteiger charge is -2.38. The van der Waals surface area contributed by atoms with Crippen LogP contribution in [0.4, 0.5) is 13.2 Å². The highest BCUT2D eigenvalue weighted by Gasteiger charge is 2.35. The number of hydrogen-bond donors (Lipinski definition) is 0. The number of aromatic nitrogens is 2. The summed E-state index contributed by atoms with van der Waals surface area (Å²) in [6.45, 7) is 0.606. The molecule has 1 amide bonds. The Hall–Kier alpha value is -2.68. The number of rotatable bonds is 3. The molecule has 4 rings (SSSR count). The first-order valence-electron chi connectivity index (χ1n) is 7.73. The number of alkyl halides is 3. The summed E-state index contributed by atoms with van der Waals surface area (Å²) in [6, 6.07) is 8.80. The van der Waals surface area contributed by atoms with Gasteiger partial charge in [-0.25, -0.2) is 9.97 Å². The second kappa shape index (κ2) is 6.24. The molecule has 1 aliphatic heterocycles. The lowest BCUT2D eigenvalue weighted by atomic mass is 10.1. The Morgan fingerprint density at radius 3 is 2.81 bits per heavy atom. The third-order valence-electron chi connectivity index (χ3n) is 4.01. The van der Waals surface area contributed by atoms with Crippen molar-refractivity contribution in [3.05, 3.63) is 53.2 Å². The maximum atomic E-state index is 12.7. The summed E-state index contributed by atoms with van der Waals surface area (Å²) in [5, 5.41) is 0. The molecule has 0 N–H and O–H groups in total. The van der Waals surface area contributed by atoms with Crippen LogP contribution < -0.4 is 4.74 Å². The van der Waals surface area contributed by atoms with Gasteiger partial charge in [0.25, 0.3) is 5.91 Å². The van der Waals surface area contributed by atoms with Crippen molar-refractivity contribution in [2.24, 2.45) is 0 Å². The van der Waals surface area contributed by atoms with Crippen LogP contribution in [0, 0.1) is 0 Å². The largest absolute Gasteiger partial charge is 0.471 e. The summed E-state index contributed by atoms with van der Waals surface area (Å²) in [4.78, 5) is 21.7. The van der Waals surface area contributed by atoms with Gasteiger partial charge in [-0.2, -0.15) is 13.2 Å². The first-order valence-corrected chi connectivity index (χ1v) is 8.61. The van der Waals surface area contributed by atoms with Gasteiger partial charge in [0.05, 0.1) is 28.8 Å². The highest BCUT2D eigenvalue weighted by molar-refractivity contribution is 7.16. The molecule has 1 aliphatic rings. The number of benzene rings is 1. The Labute approximate surface area is 150 Å². The van der Waals surface area contributed by atoms with E-state index < -0.39 is 11.9 Å². The van der Waals surface area contributed by atoms with Gasteiger partial charge >= 0.3 is 6.18 Å². The maximum absolute atomic E-state index is 12.7. The minimum Gasteiger partial charge on any atom is -0.471 e. The van der Waals surface area contributed by atoms with Gasteiger partial charge in [0, 0.05) is 11.6 Å². The van der Waals surface area contributed by atoms with Crippen LogP contribution in [0.5, 0.6) is 5.88 Å². The van der Waals surface area contributed by atoms with Gasteiger partial charge in [0.2, 0.25) is 5.88 Å². The smallest absolute Gasteiger partial charge is 0.433 e. The van der Waals surface area contributed by atoms with E-state index in [1.54, 1.807) is 28.6 Å². The summed E-state index contributed by atoms with van der Waals surface area (Å²) in [5.41, 5.74) is 2.11. The van der Waals surface area contributed by atoms with Crippen molar-refractivity contribution in [1.82, 2.24) is 14.9 Å². The average Bonchev–Trinajstić information content (AvgIpc) is 3.04. The van der Waals surface area contributed by atoms with E-state index in [1.165, 1.54) is 23.5 Å². The number of carbonyl (C=O) groups excluding carboxylic acids is 1. The number of thiazole rings is 1. The van der Waals surface area contributed by atoms with E-state index >= 15 is 0 Å². The molecule has 0 spiro atoms. The van der Waals surface area contributed by atoms with Crippen molar-refractivity contribution in [3.8, 4) is 5.88 Å². The Bertz CT molecular complexity index is 967. The summed E-state index contributed by atoms with van der Waals surface area (Å²) in [5.74, 6) is -0.236. The van der Waals surface area contributed by atoms with Gasteiger partial charge in [-0.1, -0.05) is 6.07 Å². The van der Waals surface area contributed by atoms with Gasteiger partial charge in [0.15, 0.2) is 0 Å². The molecular weight excluding hydrogens is 367 g/mol. The number of halogens is 3. The third-order valence-corrected chi connectivity index (χ3v) is 4.81. The van der Waals surface area contributed by atoms with Crippen LogP contribution in [-0.2, 0) is 6.18 Å². The van der Waals surface area contributed by atoms with Gasteiger partial charge in [0.1, 0.15) is 11.8 Å². The van der Waals surface area contributed by atoms with Crippen LogP contribution in [0.2, 0.25) is 0 Å². The number of likely N-dealkylation sites (tertiary alicyclic amines) is 1. The second-order valence-corrected chi connectivity index (χ2v) is 6.73. The summed E-state index contributed by atoms with van der Waals surface area (Å²) in [6.07, 6.45) is -4.89. The Kier molecular flexibility index (Phi) is 4.03. The van der Waals surface area contributed by atoms with Crippen molar-refractivity contribution in [1.29, 1.82) is 0 Å². The van der Waals surface area contributed by atoms with E-state index in [4.69, 9.17) is 4.74 Å². The van der Waals surface area contributed by atoms with E-state index in [9.17, 15) is 18.0 Å². The number of ether oxygens (including phenoxy) is 1. The van der Waals surface area contributed by atoms with Crippen LogP contribution in [0.3, 0.4) is 0 Å². The Morgan fingerprint density at radius 1 is 1.23 bits per heavy atom. The number of hydrogen-bond acceptors (Lipinski definition) is 5. The zero-order valence-electron chi connectivity index (χ0n) is 13.2. The molecule has 0 aliphatic carbocycles. The van der Waals surface area contributed by atoms with Gasteiger partial charge in [-0.15, -0.1) is 11.3 Å². The highest BCUT2D eigenvalue weighted by Crippen LogP contribution is 2.29. The van der Waals surface area contributed by atoms with Gasteiger partial charge in [-0.05, 0) is 24.3 Å². The molecule has 134 valence electrons. The maximum Gasteiger partial charge on any atom is 0.433 e. The van der Waals surface area contributed by atoms with E-state index in [0.29, 0.717) is 18.7 Å². The lowest BCUT2D eigenvalue weighted by molar-refractivity contribution is -0.141. The van der Waals surface area contributed by atoms with Crippen molar-refractivity contribution in [2.75, 3.05) is 13.1 Å². The summed E-state index contributed by atoms with van der Waals surface area (Å²) < 4.78 is 44.4. The van der Waals surface area contributed by atoms with Crippen molar-refractivity contribution < 1.29 is 22.7 Å². The Balaban J connectivity index is 1.38. The quantitative estimate of drug-likeness (QED) is 0.698. The number of carbonyl (C=O) groups is 1. The number of nitrogens with zero attached hydrogens (tertiary/aromatic N) is 3. The van der Waals surface area contributed by atoms with Crippen molar-refractivity contribution >= 4 is 27.5 Å². The molecule has 3 aromatic rings. The standard InChI is InChI=1S/C17H12F3N3O2S/c18-17(19,20)14-2-1-3-15(22-14)25-11-7-23(8-11)16(24)10-4-5-12-13(6-10)26-9-21-12/h1-6,9,11H,7-8H2. The first-order chi connectivity index (χ1) is 12.4. The molecule has 26 heavy (non-hydrogen) atoms. The van der Waals surface area contributed by atoms with E-state index in [1.807, 2.05) is 0 Å².